The minimum Gasteiger partial charge on any atom is -0.480 e. The topological polar surface area (TPSA) is 69.6 Å². The molecule has 0 spiro atoms. The standard InChI is InChI=1S/C6H11NO3/c1-2-7-5(3-4-8)6(9)10/h2,5,7-8H,1,3-4H2,(H,9,10). The first-order chi connectivity index (χ1) is 4.72. The molecule has 4 nitrogen and oxygen atoms in total. The van der Waals surface area contributed by atoms with Crippen molar-refractivity contribution in [3.63, 3.8) is 0 Å². The molecule has 0 radical (unpaired) electrons. The summed E-state index contributed by atoms with van der Waals surface area (Å²) in [5.41, 5.74) is 0. The minimum absolute atomic E-state index is 0.141. The third-order valence-electron chi connectivity index (χ3n) is 1.03. The lowest BCUT2D eigenvalue weighted by atomic mass is 10.2. The average molecular weight is 145 g/mol. The Hall–Kier alpha value is -1.03. The highest BCUT2D eigenvalue weighted by Crippen LogP contribution is 1.89. The molecule has 0 bridgehead atoms. The zero-order valence-corrected chi connectivity index (χ0v) is 5.58. The summed E-state index contributed by atoms with van der Waals surface area (Å²) in [6, 6.07) is -0.720. The van der Waals surface area contributed by atoms with Gasteiger partial charge in [0.15, 0.2) is 0 Å². The Morgan fingerprint density at radius 1 is 1.80 bits per heavy atom. The van der Waals surface area contributed by atoms with Crippen molar-refractivity contribution in [3.05, 3.63) is 12.8 Å². The summed E-state index contributed by atoms with van der Waals surface area (Å²) in [6.07, 6.45) is 1.50. The lowest BCUT2D eigenvalue weighted by molar-refractivity contribution is -0.139. The lowest BCUT2D eigenvalue weighted by Gasteiger charge is -2.09. The van der Waals surface area contributed by atoms with Crippen LogP contribution >= 0.6 is 0 Å². The minimum atomic E-state index is -0.978. The van der Waals surface area contributed by atoms with E-state index in [0.29, 0.717) is 0 Å². The van der Waals surface area contributed by atoms with E-state index in [0.717, 1.165) is 0 Å². The highest BCUT2D eigenvalue weighted by Gasteiger charge is 2.13. The average Bonchev–Trinajstić information content (AvgIpc) is 1.87. The summed E-state index contributed by atoms with van der Waals surface area (Å²) < 4.78 is 0. The molecule has 10 heavy (non-hydrogen) atoms. The van der Waals surface area contributed by atoms with Gasteiger partial charge in [0.25, 0.3) is 0 Å². The van der Waals surface area contributed by atoms with Crippen molar-refractivity contribution in [2.24, 2.45) is 0 Å². The quantitative estimate of drug-likeness (QED) is 0.490. The van der Waals surface area contributed by atoms with Crippen LogP contribution in [0.25, 0.3) is 0 Å². The monoisotopic (exact) mass is 145 g/mol. The number of hydrogen-bond donors (Lipinski definition) is 3. The third kappa shape index (κ3) is 3.09. The molecular weight excluding hydrogens is 134 g/mol. The lowest BCUT2D eigenvalue weighted by Crippen LogP contribution is -2.33. The van der Waals surface area contributed by atoms with E-state index in [4.69, 9.17) is 10.2 Å². The van der Waals surface area contributed by atoms with Crippen LogP contribution in [0.2, 0.25) is 0 Å². The zero-order valence-electron chi connectivity index (χ0n) is 5.58. The predicted octanol–water partition coefficient (Wildman–Crippen LogP) is -0.445. The summed E-state index contributed by atoms with van der Waals surface area (Å²) in [5, 5.41) is 19.3. The SMILES string of the molecule is C=CNC(CCO)C(=O)O. The van der Waals surface area contributed by atoms with Crippen LogP contribution in [-0.2, 0) is 4.79 Å². The highest BCUT2D eigenvalue weighted by atomic mass is 16.4. The van der Waals surface area contributed by atoms with E-state index in [2.05, 4.69) is 11.9 Å². The van der Waals surface area contributed by atoms with Crippen LogP contribution in [0.3, 0.4) is 0 Å². The second-order valence-electron chi connectivity index (χ2n) is 1.77. The first-order valence-corrected chi connectivity index (χ1v) is 2.93. The Kier molecular flexibility index (Phi) is 4.32. The molecule has 0 aromatic heterocycles. The number of aliphatic hydroxyl groups excluding tert-OH is 1. The normalized spacial score (nSPS) is 12.1. The maximum Gasteiger partial charge on any atom is 0.326 e. The second-order valence-corrected chi connectivity index (χ2v) is 1.77. The van der Waals surface area contributed by atoms with E-state index in [1.54, 1.807) is 0 Å². The largest absolute Gasteiger partial charge is 0.480 e. The summed E-state index contributed by atoms with van der Waals surface area (Å²) in [4.78, 5) is 10.3. The molecule has 58 valence electrons. The summed E-state index contributed by atoms with van der Waals surface area (Å²) in [6.45, 7) is 3.17. The molecule has 0 amide bonds. The Morgan fingerprint density at radius 2 is 2.40 bits per heavy atom. The third-order valence-corrected chi connectivity index (χ3v) is 1.03. The molecule has 3 N–H and O–H groups in total. The fourth-order valence-corrected chi connectivity index (χ4v) is 0.549. The number of aliphatic hydroxyl groups is 1. The number of aliphatic carboxylic acids is 1. The molecule has 0 fully saturated rings. The first kappa shape index (κ1) is 8.97. The van der Waals surface area contributed by atoms with Gasteiger partial charge >= 0.3 is 5.97 Å². The van der Waals surface area contributed by atoms with Crippen molar-refractivity contribution in [1.29, 1.82) is 0 Å². The number of carbonyl (C=O) groups is 1. The van der Waals surface area contributed by atoms with Gasteiger partial charge in [0.1, 0.15) is 6.04 Å². The summed E-state index contributed by atoms with van der Waals surface area (Å²) >= 11 is 0. The molecule has 0 aliphatic rings. The van der Waals surface area contributed by atoms with Crippen molar-refractivity contribution < 1.29 is 15.0 Å². The Balaban J connectivity index is 3.71. The van der Waals surface area contributed by atoms with Crippen LogP contribution < -0.4 is 5.32 Å². The molecular formula is C6H11NO3. The van der Waals surface area contributed by atoms with Crippen LogP contribution in [0.1, 0.15) is 6.42 Å². The number of rotatable bonds is 5. The first-order valence-electron chi connectivity index (χ1n) is 2.93. The second kappa shape index (κ2) is 4.81. The van der Waals surface area contributed by atoms with Crippen LogP contribution in [-0.4, -0.2) is 28.8 Å². The van der Waals surface area contributed by atoms with Gasteiger partial charge < -0.3 is 15.5 Å². The van der Waals surface area contributed by atoms with Crippen molar-refractivity contribution in [3.8, 4) is 0 Å². The van der Waals surface area contributed by atoms with Gasteiger partial charge in [-0.2, -0.15) is 0 Å². The molecule has 4 heteroatoms. The van der Waals surface area contributed by atoms with Gasteiger partial charge in [0.2, 0.25) is 0 Å². The molecule has 0 aromatic carbocycles. The van der Waals surface area contributed by atoms with E-state index in [9.17, 15) is 4.79 Å². The van der Waals surface area contributed by atoms with Crippen molar-refractivity contribution in [2.45, 2.75) is 12.5 Å². The van der Waals surface area contributed by atoms with Crippen molar-refractivity contribution >= 4 is 5.97 Å². The maximum atomic E-state index is 10.3. The van der Waals surface area contributed by atoms with Gasteiger partial charge in [-0.15, -0.1) is 0 Å². The molecule has 1 atom stereocenters. The Morgan fingerprint density at radius 3 is 2.70 bits per heavy atom. The van der Waals surface area contributed by atoms with Crippen molar-refractivity contribution in [1.82, 2.24) is 5.32 Å². The van der Waals surface area contributed by atoms with E-state index in [1.807, 2.05) is 0 Å². The van der Waals surface area contributed by atoms with E-state index >= 15 is 0 Å². The number of nitrogens with one attached hydrogen (secondary N) is 1. The molecule has 1 unspecified atom stereocenters. The fourth-order valence-electron chi connectivity index (χ4n) is 0.549. The molecule has 0 rings (SSSR count). The molecule has 0 saturated carbocycles. The van der Waals surface area contributed by atoms with Gasteiger partial charge in [0, 0.05) is 13.0 Å². The van der Waals surface area contributed by atoms with E-state index < -0.39 is 12.0 Å². The summed E-state index contributed by atoms with van der Waals surface area (Å²) in [5.74, 6) is -0.978. The van der Waals surface area contributed by atoms with Gasteiger partial charge in [-0.05, 0) is 6.20 Å². The molecule has 0 saturated heterocycles. The van der Waals surface area contributed by atoms with Gasteiger partial charge in [-0.25, -0.2) is 4.79 Å². The van der Waals surface area contributed by atoms with Gasteiger partial charge in [0.05, 0.1) is 0 Å². The zero-order chi connectivity index (χ0) is 7.98. The highest BCUT2D eigenvalue weighted by molar-refractivity contribution is 5.73. The molecule has 0 aliphatic carbocycles. The number of carboxylic acids is 1. The van der Waals surface area contributed by atoms with E-state index in [1.165, 1.54) is 6.20 Å². The molecule has 0 aromatic rings. The molecule has 0 aliphatic heterocycles. The number of carboxylic acid groups (broad SMARTS) is 1. The van der Waals surface area contributed by atoms with Crippen LogP contribution in [0.5, 0.6) is 0 Å². The van der Waals surface area contributed by atoms with E-state index in [-0.39, 0.29) is 13.0 Å². The van der Waals surface area contributed by atoms with Gasteiger partial charge in [-0.1, -0.05) is 6.58 Å². The number of hydrogen-bond acceptors (Lipinski definition) is 3. The fraction of sp³-hybridized carbons (Fsp3) is 0.500. The maximum absolute atomic E-state index is 10.3. The molecule has 0 heterocycles. The van der Waals surface area contributed by atoms with Crippen LogP contribution in [0.4, 0.5) is 0 Å². The predicted molar refractivity (Wildman–Crippen MR) is 36.5 cm³/mol. The van der Waals surface area contributed by atoms with Crippen LogP contribution in [0, 0.1) is 0 Å². The van der Waals surface area contributed by atoms with Crippen molar-refractivity contribution in [2.75, 3.05) is 6.61 Å². The Bertz CT molecular complexity index is 124. The summed E-state index contributed by atoms with van der Waals surface area (Å²) in [7, 11) is 0. The smallest absolute Gasteiger partial charge is 0.326 e. The van der Waals surface area contributed by atoms with Gasteiger partial charge in [-0.3, -0.25) is 0 Å². The Labute approximate surface area is 59.2 Å². The van der Waals surface area contributed by atoms with Crippen LogP contribution in [0.15, 0.2) is 12.8 Å².